The van der Waals surface area contributed by atoms with E-state index in [0.29, 0.717) is 37.2 Å². The normalized spacial score (nSPS) is 10.3. The lowest BCUT2D eigenvalue weighted by molar-refractivity contribution is 0.0734. The Morgan fingerprint density at radius 3 is 2.00 bits per heavy atom. The number of anilines is 1. The summed E-state index contributed by atoms with van der Waals surface area (Å²) in [6, 6.07) is 6.73. The number of amides is 1. The summed E-state index contributed by atoms with van der Waals surface area (Å²) < 4.78 is 0. The van der Waals surface area contributed by atoms with E-state index < -0.39 is 0 Å². The third-order valence-electron chi connectivity index (χ3n) is 2.62. The fourth-order valence-electron chi connectivity index (χ4n) is 1.65. The molecule has 0 aliphatic heterocycles. The third-order valence-corrected chi connectivity index (χ3v) is 2.62. The molecule has 1 amide bonds. The molecule has 0 aliphatic carbocycles. The molecule has 1 rings (SSSR count). The first-order valence-electron chi connectivity index (χ1n) is 6.05. The SMILES string of the molecule is Nc1ccc(C(=O)N(CCCO)CCCO)cc1. The predicted molar refractivity (Wildman–Crippen MR) is 70.2 cm³/mol. The highest BCUT2D eigenvalue weighted by atomic mass is 16.3. The number of benzene rings is 1. The Morgan fingerprint density at radius 1 is 1.06 bits per heavy atom. The van der Waals surface area contributed by atoms with Gasteiger partial charge in [-0.2, -0.15) is 0 Å². The smallest absolute Gasteiger partial charge is 0.253 e. The maximum Gasteiger partial charge on any atom is 0.253 e. The van der Waals surface area contributed by atoms with Gasteiger partial charge < -0.3 is 20.8 Å². The van der Waals surface area contributed by atoms with Crippen molar-refractivity contribution < 1.29 is 15.0 Å². The van der Waals surface area contributed by atoms with Gasteiger partial charge >= 0.3 is 0 Å². The van der Waals surface area contributed by atoms with Crippen LogP contribution in [0.4, 0.5) is 5.69 Å². The van der Waals surface area contributed by atoms with Crippen molar-refractivity contribution in [1.29, 1.82) is 0 Å². The van der Waals surface area contributed by atoms with E-state index in [1.54, 1.807) is 29.2 Å². The number of carbonyl (C=O) groups is 1. The van der Waals surface area contributed by atoms with Crippen LogP contribution in [0.1, 0.15) is 23.2 Å². The van der Waals surface area contributed by atoms with Gasteiger partial charge in [0.15, 0.2) is 0 Å². The lowest BCUT2D eigenvalue weighted by Crippen LogP contribution is -2.33. The molecule has 18 heavy (non-hydrogen) atoms. The van der Waals surface area contributed by atoms with E-state index in [1.165, 1.54) is 0 Å². The van der Waals surface area contributed by atoms with Crippen molar-refractivity contribution in [2.24, 2.45) is 0 Å². The molecule has 0 aliphatic rings. The van der Waals surface area contributed by atoms with Crippen molar-refractivity contribution in [3.05, 3.63) is 29.8 Å². The van der Waals surface area contributed by atoms with Crippen molar-refractivity contribution in [2.75, 3.05) is 32.0 Å². The summed E-state index contributed by atoms with van der Waals surface area (Å²) in [6.07, 6.45) is 1.07. The minimum Gasteiger partial charge on any atom is -0.399 e. The van der Waals surface area contributed by atoms with Crippen LogP contribution in [0.5, 0.6) is 0 Å². The summed E-state index contributed by atoms with van der Waals surface area (Å²) in [5.41, 5.74) is 6.76. The molecule has 1 aromatic carbocycles. The molecule has 5 heteroatoms. The molecule has 0 saturated carbocycles. The first-order chi connectivity index (χ1) is 8.69. The Balaban J connectivity index is 2.70. The summed E-state index contributed by atoms with van der Waals surface area (Å²) in [4.78, 5) is 13.8. The van der Waals surface area contributed by atoms with Crippen LogP contribution in [-0.4, -0.2) is 47.3 Å². The van der Waals surface area contributed by atoms with Gasteiger partial charge in [-0.1, -0.05) is 0 Å². The first kappa shape index (κ1) is 14.5. The molecule has 1 aromatic rings. The largest absolute Gasteiger partial charge is 0.399 e. The van der Waals surface area contributed by atoms with Gasteiger partial charge in [-0.15, -0.1) is 0 Å². The average molecular weight is 252 g/mol. The lowest BCUT2D eigenvalue weighted by atomic mass is 10.1. The highest BCUT2D eigenvalue weighted by Gasteiger charge is 2.14. The van der Waals surface area contributed by atoms with Crippen molar-refractivity contribution in [2.45, 2.75) is 12.8 Å². The maximum atomic E-state index is 12.2. The van der Waals surface area contributed by atoms with Crippen molar-refractivity contribution in [3.8, 4) is 0 Å². The number of aliphatic hydroxyl groups is 2. The molecule has 0 atom stereocenters. The molecule has 0 saturated heterocycles. The average Bonchev–Trinajstić information content (AvgIpc) is 2.39. The van der Waals surface area contributed by atoms with E-state index >= 15 is 0 Å². The van der Waals surface area contributed by atoms with E-state index in [4.69, 9.17) is 15.9 Å². The second kappa shape index (κ2) is 7.68. The molecule has 0 heterocycles. The number of carbonyl (C=O) groups excluding carboxylic acids is 1. The molecule has 0 fully saturated rings. The third kappa shape index (κ3) is 4.35. The number of nitrogens with two attached hydrogens (primary N) is 1. The van der Waals surface area contributed by atoms with E-state index in [2.05, 4.69) is 0 Å². The Morgan fingerprint density at radius 2 is 1.56 bits per heavy atom. The quantitative estimate of drug-likeness (QED) is 0.616. The summed E-state index contributed by atoms with van der Waals surface area (Å²) in [5.74, 6) is -0.100. The Labute approximate surface area is 107 Å². The van der Waals surface area contributed by atoms with Gasteiger partial charge in [0.1, 0.15) is 0 Å². The van der Waals surface area contributed by atoms with Crippen LogP contribution >= 0.6 is 0 Å². The fourth-order valence-corrected chi connectivity index (χ4v) is 1.65. The predicted octanol–water partition coefficient (Wildman–Crippen LogP) is 0.476. The van der Waals surface area contributed by atoms with Crippen LogP contribution in [0.25, 0.3) is 0 Å². The summed E-state index contributed by atoms with van der Waals surface area (Å²) in [7, 11) is 0. The van der Waals surface area contributed by atoms with Crippen molar-refractivity contribution in [1.82, 2.24) is 4.90 Å². The van der Waals surface area contributed by atoms with Crippen LogP contribution in [0.15, 0.2) is 24.3 Å². The topological polar surface area (TPSA) is 86.8 Å². The maximum absolute atomic E-state index is 12.2. The zero-order valence-corrected chi connectivity index (χ0v) is 10.4. The minimum absolute atomic E-state index is 0.0463. The molecule has 5 nitrogen and oxygen atoms in total. The van der Waals surface area contributed by atoms with E-state index in [-0.39, 0.29) is 19.1 Å². The molecule has 0 bridgehead atoms. The lowest BCUT2D eigenvalue weighted by Gasteiger charge is -2.22. The first-order valence-corrected chi connectivity index (χ1v) is 6.05. The fraction of sp³-hybridized carbons (Fsp3) is 0.462. The molecule has 0 radical (unpaired) electrons. The van der Waals surface area contributed by atoms with E-state index in [0.717, 1.165) is 0 Å². The summed E-state index contributed by atoms with van der Waals surface area (Å²) in [6.45, 7) is 1.06. The number of hydrogen-bond acceptors (Lipinski definition) is 4. The van der Waals surface area contributed by atoms with Crippen LogP contribution in [-0.2, 0) is 0 Å². The van der Waals surface area contributed by atoms with Crippen molar-refractivity contribution in [3.63, 3.8) is 0 Å². The standard InChI is InChI=1S/C13H20N2O3/c14-12-5-3-11(4-6-12)13(18)15(7-1-9-16)8-2-10-17/h3-6,16-17H,1-2,7-10,14H2. The summed E-state index contributed by atoms with van der Waals surface area (Å²) >= 11 is 0. The van der Waals surface area contributed by atoms with Gasteiger partial charge in [0, 0.05) is 37.6 Å². The zero-order chi connectivity index (χ0) is 13.4. The molecule has 0 unspecified atom stereocenters. The highest BCUT2D eigenvalue weighted by molar-refractivity contribution is 5.94. The van der Waals surface area contributed by atoms with Crippen molar-refractivity contribution >= 4 is 11.6 Å². The number of hydrogen-bond donors (Lipinski definition) is 3. The monoisotopic (exact) mass is 252 g/mol. The van der Waals surface area contributed by atoms with Gasteiger partial charge in [0.05, 0.1) is 0 Å². The second-order valence-corrected chi connectivity index (χ2v) is 4.07. The molecule has 4 N–H and O–H groups in total. The van der Waals surface area contributed by atoms with Crippen LogP contribution < -0.4 is 5.73 Å². The number of nitrogen functional groups attached to an aromatic ring is 1. The molecule has 0 aromatic heterocycles. The second-order valence-electron chi connectivity index (χ2n) is 4.07. The molecule has 100 valence electrons. The van der Waals surface area contributed by atoms with Gasteiger partial charge in [0.2, 0.25) is 0 Å². The van der Waals surface area contributed by atoms with E-state index in [1.807, 2.05) is 0 Å². The molecule has 0 spiro atoms. The van der Waals surface area contributed by atoms with Gasteiger partial charge in [-0.25, -0.2) is 0 Å². The van der Waals surface area contributed by atoms with Crippen LogP contribution in [0.3, 0.4) is 0 Å². The zero-order valence-electron chi connectivity index (χ0n) is 10.4. The van der Waals surface area contributed by atoms with E-state index in [9.17, 15) is 4.79 Å². The Bertz CT molecular complexity index is 357. The summed E-state index contributed by atoms with van der Waals surface area (Å²) in [5, 5.41) is 17.7. The molecular weight excluding hydrogens is 232 g/mol. The van der Waals surface area contributed by atoms with Gasteiger partial charge in [-0.05, 0) is 37.1 Å². The highest BCUT2D eigenvalue weighted by Crippen LogP contribution is 2.09. The van der Waals surface area contributed by atoms with Crippen LogP contribution in [0, 0.1) is 0 Å². The van der Waals surface area contributed by atoms with Crippen LogP contribution in [0.2, 0.25) is 0 Å². The minimum atomic E-state index is -0.100. The molecular formula is C13H20N2O3. The number of rotatable bonds is 7. The Kier molecular flexibility index (Phi) is 6.18. The Hall–Kier alpha value is -1.59. The number of aliphatic hydroxyl groups excluding tert-OH is 2. The van der Waals surface area contributed by atoms with Gasteiger partial charge in [-0.3, -0.25) is 4.79 Å². The number of nitrogens with zero attached hydrogens (tertiary/aromatic N) is 1. The van der Waals surface area contributed by atoms with Gasteiger partial charge in [0.25, 0.3) is 5.91 Å².